The van der Waals surface area contributed by atoms with Crippen molar-refractivity contribution < 1.29 is 19.0 Å². The van der Waals surface area contributed by atoms with Crippen LogP contribution in [0.4, 0.5) is 11.4 Å². The highest BCUT2D eigenvalue weighted by Crippen LogP contribution is 2.25. The molecule has 0 aromatic heterocycles. The van der Waals surface area contributed by atoms with Crippen molar-refractivity contribution in [3.8, 4) is 5.75 Å². The van der Waals surface area contributed by atoms with Gasteiger partial charge in [0, 0.05) is 19.2 Å². The Morgan fingerprint density at radius 2 is 2.22 bits per heavy atom. The van der Waals surface area contributed by atoms with Crippen molar-refractivity contribution in [1.82, 2.24) is 0 Å². The summed E-state index contributed by atoms with van der Waals surface area (Å²) in [6, 6.07) is 5.27. The van der Waals surface area contributed by atoms with Crippen LogP contribution in [0.25, 0.3) is 0 Å². The molecular formula is C17H26N2O4. The Balaban J connectivity index is 1.87. The zero-order valence-electron chi connectivity index (χ0n) is 14.1. The highest BCUT2D eigenvalue weighted by molar-refractivity contribution is 5.72. The summed E-state index contributed by atoms with van der Waals surface area (Å²) in [4.78, 5) is 11.7. The van der Waals surface area contributed by atoms with Crippen LogP contribution in [0.15, 0.2) is 18.2 Å². The van der Waals surface area contributed by atoms with E-state index in [9.17, 15) is 4.79 Å². The topological polar surface area (TPSA) is 82.8 Å². The maximum absolute atomic E-state index is 11.7. The van der Waals surface area contributed by atoms with E-state index in [1.165, 1.54) is 0 Å². The Kier molecular flexibility index (Phi) is 5.71. The van der Waals surface area contributed by atoms with Gasteiger partial charge in [-0.2, -0.15) is 0 Å². The van der Waals surface area contributed by atoms with Crippen LogP contribution < -0.4 is 15.8 Å². The minimum absolute atomic E-state index is 0.133. The van der Waals surface area contributed by atoms with Crippen LogP contribution in [-0.4, -0.2) is 37.4 Å². The number of ether oxygens (including phenoxy) is 3. The normalized spacial score (nSPS) is 17.8. The third-order valence-electron chi connectivity index (χ3n) is 3.35. The van der Waals surface area contributed by atoms with Gasteiger partial charge >= 0.3 is 5.97 Å². The van der Waals surface area contributed by atoms with E-state index >= 15 is 0 Å². The third kappa shape index (κ3) is 5.98. The zero-order chi connectivity index (χ0) is 16.9. The number of hydrogen-bond donors (Lipinski definition) is 2. The van der Waals surface area contributed by atoms with Gasteiger partial charge in [0.05, 0.1) is 17.5 Å². The molecule has 0 radical (unpaired) electrons. The maximum atomic E-state index is 11.7. The molecule has 0 spiro atoms. The monoisotopic (exact) mass is 322 g/mol. The lowest BCUT2D eigenvalue weighted by Crippen LogP contribution is -2.27. The lowest BCUT2D eigenvalue weighted by Gasteiger charge is -2.19. The van der Waals surface area contributed by atoms with Crippen molar-refractivity contribution in [2.24, 2.45) is 0 Å². The Morgan fingerprint density at radius 1 is 1.43 bits per heavy atom. The van der Waals surface area contributed by atoms with E-state index in [2.05, 4.69) is 5.32 Å². The molecule has 3 N–H and O–H groups in total. The second-order valence-electron chi connectivity index (χ2n) is 6.64. The summed E-state index contributed by atoms with van der Waals surface area (Å²) in [6.45, 7) is 6.86. The Labute approximate surface area is 137 Å². The molecule has 0 saturated carbocycles. The van der Waals surface area contributed by atoms with Crippen LogP contribution in [0.2, 0.25) is 0 Å². The summed E-state index contributed by atoms with van der Waals surface area (Å²) >= 11 is 0. The van der Waals surface area contributed by atoms with Crippen molar-refractivity contribution in [2.75, 3.05) is 30.8 Å². The first-order valence-corrected chi connectivity index (χ1v) is 7.93. The second-order valence-corrected chi connectivity index (χ2v) is 6.64. The van der Waals surface area contributed by atoms with Gasteiger partial charge in [0.1, 0.15) is 11.4 Å². The minimum atomic E-state index is -0.518. The van der Waals surface area contributed by atoms with Crippen molar-refractivity contribution in [3.63, 3.8) is 0 Å². The average molecular weight is 322 g/mol. The predicted octanol–water partition coefficient (Wildman–Crippen LogP) is 2.58. The van der Waals surface area contributed by atoms with Gasteiger partial charge in [-0.25, -0.2) is 4.79 Å². The fourth-order valence-electron chi connectivity index (χ4n) is 2.32. The van der Waals surface area contributed by atoms with E-state index in [1.54, 1.807) is 18.2 Å². The summed E-state index contributed by atoms with van der Waals surface area (Å²) in [6.07, 6.45) is 2.38. The van der Waals surface area contributed by atoms with Crippen LogP contribution in [0.5, 0.6) is 5.75 Å². The van der Waals surface area contributed by atoms with E-state index in [-0.39, 0.29) is 12.7 Å². The molecule has 0 unspecified atom stereocenters. The quantitative estimate of drug-likeness (QED) is 0.619. The van der Waals surface area contributed by atoms with Gasteiger partial charge in [-0.3, -0.25) is 0 Å². The smallest absolute Gasteiger partial charge is 0.344 e. The molecule has 1 fully saturated rings. The fourth-order valence-corrected chi connectivity index (χ4v) is 2.32. The van der Waals surface area contributed by atoms with Gasteiger partial charge in [-0.1, -0.05) is 0 Å². The van der Waals surface area contributed by atoms with Crippen LogP contribution in [0.3, 0.4) is 0 Å². The van der Waals surface area contributed by atoms with Gasteiger partial charge in [-0.15, -0.1) is 0 Å². The van der Waals surface area contributed by atoms with Crippen LogP contribution in [0.1, 0.15) is 33.6 Å². The lowest BCUT2D eigenvalue weighted by molar-refractivity contribution is -0.157. The average Bonchev–Trinajstić information content (AvgIpc) is 2.96. The molecule has 1 aliphatic rings. The number of carbonyl (C=O) groups is 1. The number of nitrogen functional groups attached to an aromatic ring is 1. The first-order chi connectivity index (χ1) is 10.8. The van der Waals surface area contributed by atoms with Crippen LogP contribution in [-0.2, 0) is 14.3 Å². The summed E-state index contributed by atoms with van der Waals surface area (Å²) in [7, 11) is 0. The molecule has 1 saturated heterocycles. The van der Waals surface area contributed by atoms with Crippen molar-refractivity contribution in [2.45, 2.75) is 45.3 Å². The molecule has 1 heterocycles. The summed E-state index contributed by atoms with van der Waals surface area (Å²) in [5.41, 5.74) is 6.86. The number of carbonyl (C=O) groups excluding carboxylic acids is 1. The number of nitrogens with two attached hydrogens (primary N) is 1. The second kappa shape index (κ2) is 7.55. The predicted molar refractivity (Wildman–Crippen MR) is 89.7 cm³/mol. The molecule has 1 aromatic rings. The van der Waals surface area contributed by atoms with E-state index in [0.29, 0.717) is 18.0 Å². The molecule has 2 rings (SSSR count). The number of anilines is 2. The van der Waals surface area contributed by atoms with Crippen molar-refractivity contribution >= 4 is 17.3 Å². The summed E-state index contributed by atoms with van der Waals surface area (Å²) in [5.74, 6) is 0.170. The van der Waals surface area contributed by atoms with Crippen molar-refractivity contribution in [3.05, 3.63) is 18.2 Å². The molecule has 23 heavy (non-hydrogen) atoms. The number of rotatable bonds is 6. The summed E-state index contributed by atoms with van der Waals surface area (Å²) < 4.78 is 16.3. The molecule has 0 amide bonds. The standard InChI is InChI=1S/C17H26N2O4/c1-17(2,3)23-16(20)11-22-12-6-7-14(18)15(9-12)19-10-13-5-4-8-21-13/h6-7,9,13,19H,4-5,8,10-11,18H2,1-3H3/t13-/m0/s1. The van der Waals surface area contributed by atoms with Gasteiger partial charge < -0.3 is 25.3 Å². The highest BCUT2D eigenvalue weighted by Gasteiger charge is 2.17. The molecule has 128 valence electrons. The molecule has 1 aliphatic heterocycles. The summed E-state index contributed by atoms with van der Waals surface area (Å²) in [5, 5.41) is 3.27. The van der Waals surface area contributed by atoms with Gasteiger partial charge in [0.15, 0.2) is 6.61 Å². The Morgan fingerprint density at radius 3 is 2.87 bits per heavy atom. The number of hydrogen-bond acceptors (Lipinski definition) is 6. The van der Waals surface area contributed by atoms with E-state index in [0.717, 1.165) is 25.1 Å². The molecule has 1 aromatic carbocycles. The first kappa shape index (κ1) is 17.4. The molecule has 6 heteroatoms. The Hall–Kier alpha value is -1.95. The SMILES string of the molecule is CC(C)(C)OC(=O)COc1ccc(N)c(NC[C@@H]2CCCO2)c1. The highest BCUT2D eigenvalue weighted by atomic mass is 16.6. The number of esters is 1. The zero-order valence-corrected chi connectivity index (χ0v) is 14.1. The molecular weight excluding hydrogens is 296 g/mol. The van der Waals surface area contributed by atoms with Gasteiger partial charge in [0.2, 0.25) is 0 Å². The van der Waals surface area contributed by atoms with E-state index < -0.39 is 11.6 Å². The van der Waals surface area contributed by atoms with E-state index in [1.807, 2.05) is 20.8 Å². The van der Waals surface area contributed by atoms with Crippen LogP contribution >= 0.6 is 0 Å². The van der Waals surface area contributed by atoms with Gasteiger partial charge in [-0.05, 0) is 45.7 Å². The van der Waals surface area contributed by atoms with Crippen LogP contribution in [0, 0.1) is 0 Å². The number of benzene rings is 1. The maximum Gasteiger partial charge on any atom is 0.344 e. The third-order valence-corrected chi connectivity index (χ3v) is 3.35. The first-order valence-electron chi connectivity index (χ1n) is 7.93. The molecule has 0 bridgehead atoms. The molecule has 1 atom stereocenters. The number of nitrogens with one attached hydrogen (secondary N) is 1. The van der Waals surface area contributed by atoms with Gasteiger partial charge in [0.25, 0.3) is 0 Å². The fraction of sp³-hybridized carbons (Fsp3) is 0.588. The lowest BCUT2D eigenvalue weighted by atomic mass is 10.2. The van der Waals surface area contributed by atoms with E-state index in [4.69, 9.17) is 19.9 Å². The largest absolute Gasteiger partial charge is 0.482 e. The van der Waals surface area contributed by atoms with Crippen molar-refractivity contribution in [1.29, 1.82) is 0 Å². The minimum Gasteiger partial charge on any atom is -0.482 e. The molecule has 0 aliphatic carbocycles. The Bertz CT molecular complexity index is 534. The molecule has 6 nitrogen and oxygen atoms in total.